The highest BCUT2D eigenvalue weighted by atomic mass is 16.5. The van der Waals surface area contributed by atoms with Gasteiger partial charge in [0.2, 0.25) is 0 Å². The average molecular weight is 260 g/mol. The third-order valence-electron chi connectivity index (χ3n) is 4.09. The molecule has 1 aromatic rings. The molecule has 2 atom stereocenters. The van der Waals surface area contributed by atoms with Crippen LogP contribution in [0.4, 0.5) is 0 Å². The Hall–Kier alpha value is -1.06. The Labute approximate surface area is 115 Å². The molecule has 3 rings (SSSR count). The summed E-state index contributed by atoms with van der Waals surface area (Å²) in [6, 6.07) is 9.98. The number of nitrogens with two attached hydrogens (primary N) is 1. The molecule has 0 aromatic heterocycles. The standard InChI is InChI=1S/C16H24N2O/c1-11(2)19-14-7-3-12(4-8-14)16-15(17)9-10-18(16)13-5-6-13/h3-4,7-8,11,13,15-16H,5-6,9-10,17H2,1-2H3. The molecule has 3 nitrogen and oxygen atoms in total. The van der Waals surface area contributed by atoms with Crippen LogP contribution in [-0.2, 0) is 0 Å². The number of ether oxygens (including phenoxy) is 1. The third kappa shape index (κ3) is 2.77. The van der Waals surface area contributed by atoms with E-state index in [-0.39, 0.29) is 12.1 Å². The van der Waals surface area contributed by atoms with Gasteiger partial charge in [-0.15, -0.1) is 0 Å². The smallest absolute Gasteiger partial charge is 0.119 e. The van der Waals surface area contributed by atoms with Gasteiger partial charge in [-0.2, -0.15) is 0 Å². The lowest BCUT2D eigenvalue weighted by Crippen LogP contribution is -2.33. The fraction of sp³-hybridized carbons (Fsp3) is 0.625. The van der Waals surface area contributed by atoms with Crippen molar-refractivity contribution in [3.63, 3.8) is 0 Å². The predicted octanol–water partition coefficient (Wildman–Crippen LogP) is 2.71. The first-order valence-corrected chi connectivity index (χ1v) is 7.43. The van der Waals surface area contributed by atoms with Gasteiger partial charge in [0, 0.05) is 18.6 Å². The summed E-state index contributed by atoms with van der Waals surface area (Å²) in [6.07, 6.45) is 4.03. The molecule has 2 N–H and O–H groups in total. The van der Waals surface area contributed by atoms with Crippen LogP contribution in [0.2, 0.25) is 0 Å². The number of rotatable bonds is 4. The van der Waals surface area contributed by atoms with Gasteiger partial charge in [-0.3, -0.25) is 4.90 Å². The van der Waals surface area contributed by atoms with Crippen molar-refractivity contribution < 1.29 is 4.74 Å². The van der Waals surface area contributed by atoms with E-state index in [4.69, 9.17) is 10.5 Å². The van der Waals surface area contributed by atoms with Gasteiger partial charge in [0.1, 0.15) is 5.75 Å². The number of likely N-dealkylation sites (tertiary alicyclic amines) is 1. The zero-order valence-corrected chi connectivity index (χ0v) is 11.9. The fourth-order valence-electron chi connectivity index (χ4n) is 3.11. The topological polar surface area (TPSA) is 38.5 Å². The van der Waals surface area contributed by atoms with Crippen molar-refractivity contribution in [3.05, 3.63) is 29.8 Å². The van der Waals surface area contributed by atoms with E-state index in [1.807, 2.05) is 0 Å². The van der Waals surface area contributed by atoms with Crippen molar-refractivity contribution >= 4 is 0 Å². The lowest BCUT2D eigenvalue weighted by atomic mass is 10.0. The Morgan fingerprint density at radius 2 is 1.84 bits per heavy atom. The van der Waals surface area contributed by atoms with Gasteiger partial charge in [-0.05, 0) is 50.8 Å². The second-order valence-electron chi connectivity index (χ2n) is 6.10. The Bertz CT molecular complexity index is 425. The summed E-state index contributed by atoms with van der Waals surface area (Å²) in [5, 5.41) is 0. The van der Waals surface area contributed by atoms with Crippen molar-refractivity contribution in [2.75, 3.05) is 6.54 Å². The van der Waals surface area contributed by atoms with Crippen LogP contribution in [0, 0.1) is 0 Å². The maximum atomic E-state index is 6.31. The Kier molecular flexibility index (Phi) is 3.50. The average Bonchev–Trinajstić information content (AvgIpc) is 3.14. The summed E-state index contributed by atoms with van der Waals surface area (Å²) in [5.41, 5.74) is 7.65. The van der Waals surface area contributed by atoms with E-state index in [2.05, 4.69) is 43.0 Å². The third-order valence-corrected chi connectivity index (χ3v) is 4.09. The van der Waals surface area contributed by atoms with E-state index in [0.717, 1.165) is 24.8 Å². The van der Waals surface area contributed by atoms with Crippen molar-refractivity contribution in [1.82, 2.24) is 4.90 Å². The Morgan fingerprint density at radius 3 is 2.42 bits per heavy atom. The Balaban J connectivity index is 1.76. The molecule has 0 amide bonds. The fourth-order valence-corrected chi connectivity index (χ4v) is 3.11. The lowest BCUT2D eigenvalue weighted by Gasteiger charge is -2.27. The molecule has 104 valence electrons. The van der Waals surface area contributed by atoms with Gasteiger partial charge in [0.05, 0.1) is 12.1 Å². The molecule has 2 fully saturated rings. The molecule has 1 saturated heterocycles. The van der Waals surface area contributed by atoms with E-state index in [1.165, 1.54) is 18.4 Å². The van der Waals surface area contributed by atoms with Crippen molar-refractivity contribution in [2.45, 2.75) is 57.3 Å². The highest BCUT2D eigenvalue weighted by molar-refractivity contribution is 5.31. The monoisotopic (exact) mass is 260 g/mol. The molecule has 1 aliphatic heterocycles. The van der Waals surface area contributed by atoms with Crippen LogP contribution in [0.15, 0.2) is 24.3 Å². The largest absolute Gasteiger partial charge is 0.491 e. The number of hydrogen-bond acceptors (Lipinski definition) is 3. The maximum Gasteiger partial charge on any atom is 0.119 e. The molecule has 1 aliphatic carbocycles. The number of hydrogen-bond donors (Lipinski definition) is 1. The molecule has 2 unspecified atom stereocenters. The number of nitrogens with zero attached hydrogens (tertiary/aromatic N) is 1. The first kappa shape index (κ1) is 12.9. The van der Waals surface area contributed by atoms with E-state index in [0.29, 0.717) is 6.04 Å². The maximum absolute atomic E-state index is 6.31. The summed E-state index contributed by atoms with van der Waals surface area (Å²) in [7, 11) is 0. The summed E-state index contributed by atoms with van der Waals surface area (Å²) in [4.78, 5) is 2.60. The molecular formula is C16H24N2O. The molecule has 19 heavy (non-hydrogen) atoms. The van der Waals surface area contributed by atoms with E-state index in [1.54, 1.807) is 0 Å². The van der Waals surface area contributed by atoms with E-state index < -0.39 is 0 Å². The minimum atomic E-state index is 0.225. The van der Waals surface area contributed by atoms with Crippen LogP contribution in [0.1, 0.15) is 44.7 Å². The minimum Gasteiger partial charge on any atom is -0.491 e. The van der Waals surface area contributed by atoms with Crippen LogP contribution < -0.4 is 10.5 Å². The zero-order chi connectivity index (χ0) is 13.4. The second-order valence-corrected chi connectivity index (χ2v) is 6.10. The second kappa shape index (κ2) is 5.14. The van der Waals surface area contributed by atoms with Gasteiger partial charge < -0.3 is 10.5 Å². The summed E-state index contributed by atoms with van der Waals surface area (Å²) in [5.74, 6) is 0.947. The van der Waals surface area contributed by atoms with Gasteiger partial charge in [0.25, 0.3) is 0 Å². The first-order valence-electron chi connectivity index (χ1n) is 7.43. The summed E-state index contributed by atoms with van der Waals surface area (Å²) >= 11 is 0. The quantitative estimate of drug-likeness (QED) is 0.904. The SMILES string of the molecule is CC(C)Oc1ccc(C2C(N)CCN2C2CC2)cc1. The predicted molar refractivity (Wildman–Crippen MR) is 77.3 cm³/mol. The van der Waals surface area contributed by atoms with Gasteiger partial charge in [0.15, 0.2) is 0 Å². The highest BCUT2D eigenvalue weighted by Gasteiger charge is 2.41. The van der Waals surface area contributed by atoms with Crippen LogP contribution in [-0.4, -0.2) is 29.6 Å². The molecule has 0 spiro atoms. The highest BCUT2D eigenvalue weighted by Crippen LogP contribution is 2.40. The molecule has 2 aliphatic rings. The Morgan fingerprint density at radius 1 is 1.16 bits per heavy atom. The summed E-state index contributed by atoms with van der Waals surface area (Å²) in [6.45, 7) is 5.26. The first-order chi connectivity index (χ1) is 9.15. The van der Waals surface area contributed by atoms with E-state index in [9.17, 15) is 0 Å². The zero-order valence-electron chi connectivity index (χ0n) is 11.9. The van der Waals surface area contributed by atoms with Gasteiger partial charge >= 0.3 is 0 Å². The van der Waals surface area contributed by atoms with Crippen LogP contribution in [0.25, 0.3) is 0 Å². The summed E-state index contributed by atoms with van der Waals surface area (Å²) < 4.78 is 5.70. The van der Waals surface area contributed by atoms with Crippen LogP contribution in [0.3, 0.4) is 0 Å². The molecule has 1 aromatic carbocycles. The van der Waals surface area contributed by atoms with Crippen LogP contribution in [0.5, 0.6) is 5.75 Å². The molecule has 1 saturated carbocycles. The van der Waals surface area contributed by atoms with Gasteiger partial charge in [-0.1, -0.05) is 12.1 Å². The molecule has 0 radical (unpaired) electrons. The van der Waals surface area contributed by atoms with Crippen LogP contribution >= 0.6 is 0 Å². The molecule has 0 bridgehead atoms. The van der Waals surface area contributed by atoms with E-state index >= 15 is 0 Å². The lowest BCUT2D eigenvalue weighted by molar-refractivity contribution is 0.234. The van der Waals surface area contributed by atoms with Crippen molar-refractivity contribution in [3.8, 4) is 5.75 Å². The van der Waals surface area contributed by atoms with Gasteiger partial charge in [-0.25, -0.2) is 0 Å². The molecular weight excluding hydrogens is 236 g/mol. The van der Waals surface area contributed by atoms with Crippen molar-refractivity contribution in [1.29, 1.82) is 0 Å². The minimum absolute atomic E-state index is 0.225. The normalized spacial score (nSPS) is 28.0. The molecule has 3 heteroatoms. The van der Waals surface area contributed by atoms with Crippen molar-refractivity contribution in [2.24, 2.45) is 5.73 Å². The number of benzene rings is 1. The molecule has 1 heterocycles.